The van der Waals surface area contributed by atoms with E-state index in [1.54, 1.807) is 0 Å². The Bertz CT molecular complexity index is 360. The molecule has 0 atom stereocenters. The van der Waals surface area contributed by atoms with E-state index in [1.165, 1.54) is 6.33 Å². The van der Waals surface area contributed by atoms with Crippen molar-refractivity contribution in [1.29, 1.82) is 0 Å². The number of nitrogens with one attached hydrogen (secondary N) is 1. The second-order valence-corrected chi connectivity index (χ2v) is 3.82. The minimum atomic E-state index is -1.22. The molecule has 0 aromatic carbocycles. The van der Waals surface area contributed by atoms with Gasteiger partial charge in [0.1, 0.15) is 23.5 Å². The number of aliphatic hydroxyl groups is 3. The molecule has 0 aliphatic carbocycles. The van der Waals surface area contributed by atoms with Crippen LogP contribution in [0.25, 0.3) is 0 Å². The van der Waals surface area contributed by atoms with E-state index >= 15 is 0 Å². The topological polar surface area (TPSA) is 125 Å². The number of anilines is 2. The van der Waals surface area contributed by atoms with E-state index in [1.807, 2.05) is 6.92 Å². The molecule has 0 radical (unpaired) electrons. The molecule has 0 spiro atoms. The van der Waals surface area contributed by atoms with Gasteiger partial charge in [-0.25, -0.2) is 9.97 Å². The van der Waals surface area contributed by atoms with Crippen molar-refractivity contribution in [3.05, 3.63) is 11.9 Å². The van der Waals surface area contributed by atoms with Crippen molar-refractivity contribution in [2.75, 3.05) is 30.9 Å². The van der Waals surface area contributed by atoms with E-state index in [0.717, 1.165) is 0 Å². The second-order valence-electron chi connectivity index (χ2n) is 3.82. The Kier molecular flexibility index (Phi) is 4.62. The van der Waals surface area contributed by atoms with Gasteiger partial charge < -0.3 is 26.4 Å². The first-order valence-corrected chi connectivity index (χ1v) is 5.32. The van der Waals surface area contributed by atoms with Gasteiger partial charge in [-0.15, -0.1) is 0 Å². The minimum Gasteiger partial charge on any atom is -0.394 e. The Labute approximate surface area is 99.3 Å². The summed E-state index contributed by atoms with van der Waals surface area (Å²) < 4.78 is 0. The lowest BCUT2D eigenvalue weighted by atomic mass is 10.0. The van der Waals surface area contributed by atoms with E-state index in [9.17, 15) is 15.3 Å². The van der Waals surface area contributed by atoms with Crippen LogP contribution in [0, 0.1) is 0 Å². The molecule has 0 aliphatic rings. The van der Waals surface area contributed by atoms with Crippen molar-refractivity contribution >= 4 is 11.6 Å². The number of aliphatic hydroxyl groups excluding tert-OH is 3. The third-order valence-electron chi connectivity index (χ3n) is 2.62. The molecule has 0 saturated heterocycles. The van der Waals surface area contributed by atoms with Crippen LogP contribution in [0.15, 0.2) is 6.33 Å². The lowest BCUT2D eigenvalue weighted by Gasteiger charge is -2.30. The molecule has 7 heteroatoms. The molecule has 6 N–H and O–H groups in total. The maximum Gasteiger partial charge on any atom is 0.135 e. The van der Waals surface area contributed by atoms with Gasteiger partial charge in [-0.2, -0.15) is 0 Å². The highest BCUT2D eigenvalue weighted by molar-refractivity contribution is 5.56. The maximum absolute atomic E-state index is 9.21. The summed E-state index contributed by atoms with van der Waals surface area (Å²) in [6, 6.07) is 0. The van der Waals surface area contributed by atoms with Gasteiger partial charge in [-0.05, 0) is 6.42 Å². The molecule has 0 aliphatic heterocycles. The summed E-state index contributed by atoms with van der Waals surface area (Å²) in [6.07, 6.45) is 1.89. The van der Waals surface area contributed by atoms with E-state index in [0.29, 0.717) is 23.6 Å². The van der Waals surface area contributed by atoms with Gasteiger partial charge in [0.2, 0.25) is 0 Å². The van der Waals surface area contributed by atoms with Crippen LogP contribution in [0.3, 0.4) is 0 Å². The van der Waals surface area contributed by atoms with Gasteiger partial charge in [0.05, 0.1) is 19.8 Å². The number of nitrogens with zero attached hydrogens (tertiary/aromatic N) is 2. The standard InChI is InChI=1S/C10H18N4O3/c1-2-7-8(11)12-6-13-9(7)14-10(3-15,4-16)5-17/h6,15-17H,2-5H2,1H3,(H3,11,12,13,14). The monoisotopic (exact) mass is 242 g/mol. The van der Waals surface area contributed by atoms with Crippen LogP contribution in [-0.2, 0) is 6.42 Å². The van der Waals surface area contributed by atoms with Crippen molar-refractivity contribution in [2.45, 2.75) is 18.9 Å². The zero-order valence-corrected chi connectivity index (χ0v) is 9.72. The van der Waals surface area contributed by atoms with Crippen LogP contribution in [0.2, 0.25) is 0 Å². The van der Waals surface area contributed by atoms with Crippen LogP contribution in [-0.4, -0.2) is 50.6 Å². The Morgan fingerprint density at radius 1 is 1.24 bits per heavy atom. The molecule has 1 aromatic rings. The molecule has 96 valence electrons. The highest BCUT2D eigenvalue weighted by Crippen LogP contribution is 2.21. The minimum absolute atomic E-state index is 0.340. The van der Waals surface area contributed by atoms with Crippen LogP contribution < -0.4 is 11.1 Å². The van der Waals surface area contributed by atoms with Gasteiger partial charge in [0.15, 0.2) is 0 Å². The van der Waals surface area contributed by atoms with Crippen LogP contribution in [0.1, 0.15) is 12.5 Å². The molecular weight excluding hydrogens is 224 g/mol. The zero-order chi connectivity index (χ0) is 12.9. The molecule has 1 heterocycles. The van der Waals surface area contributed by atoms with Gasteiger partial charge in [0, 0.05) is 5.56 Å². The van der Waals surface area contributed by atoms with Crippen molar-refractivity contribution < 1.29 is 15.3 Å². The summed E-state index contributed by atoms with van der Waals surface area (Å²) in [7, 11) is 0. The van der Waals surface area contributed by atoms with Gasteiger partial charge in [-0.1, -0.05) is 6.92 Å². The number of hydrogen-bond acceptors (Lipinski definition) is 7. The average molecular weight is 242 g/mol. The highest BCUT2D eigenvalue weighted by Gasteiger charge is 2.29. The molecule has 0 bridgehead atoms. The summed E-state index contributed by atoms with van der Waals surface area (Å²) in [5, 5.41) is 30.5. The van der Waals surface area contributed by atoms with Crippen LogP contribution in [0.4, 0.5) is 11.6 Å². The zero-order valence-electron chi connectivity index (χ0n) is 9.72. The van der Waals surface area contributed by atoms with Crippen molar-refractivity contribution in [1.82, 2.24) is 9.97 Å². The first kappa shape index (κ1) is 13.6. The molecule has 0 amide bonds. The number of rotatable bonds is 6. The molecule has 17 heavy (non-hydrogen) atoms. The number of nitrogens with two attached hydrogens (primary N) is 1. The SMILES string of the molecule is CCc1c(N)ncnc1NC(CO)(CO)CO. The van der Waals surface area contributed by atoms with E-state index in [4.69, 9.17) is 5.73 Å². The van der Waals surface area contributed by atoms with E-state index < -0.39 is 25.4 Å². The maximum atomic E-state index is 9.21. The Morgan fingerprint density at radius 3 is 2.29 bits per heavy atom. The van der Waals surface area contributed by atoms with Crippen LogP contribution in [0.5, 0.6) is 0 Å². The summed E-state index contributed by atoms with van der Waals surface area (Å²) in [5.74, 6) is 0.755. The van der Waals surface area contributed by atoms with E-state index in [-0.39, 0.29) is 0 Å². The molecular formula is C10H18N4O3. The molecule has 7 nitrogen and oxygen atoms in total. The molecule has 1 rings (SSSR count). The predicted molar refractivity (Wildman–Crippen MR) is 63.4 cm³/mol. The predicted octanol–water partition coefficient (Wildman–Crippen LogP) is -1.25. The first-order chi connectivity index (χ1) is 8.12. The Hall–Kier alpha value is -1.44. The lowest BCUT2D eigenvalue weighted by molar-refractivity contribution is 0.0830. The van der Waals surface area contributed by atoms with Crippen molar-refractivity contribution in [2.24, 2.45) is 0 Å². The Morgan fingerprint density at radius 2 is 1.82 bits per heavy atom. The van der Waals surface area contributed by atoms with E-state index in [2.05, 4.69) is 15.3 Å². The van der Waals surface area contributed by atoms with Gasteiger partial charge in [-0.3, -0.25) is 0 Å². The van der Waals surface area contributed by atoms with Crippen LogP contribution >= 0.6 is 0 Å². The lowest BCUT2D eigenvalue weighted by Crippen LogP contribution is -2.49. The fraction of sp³-hybridized carbons (Fsp3) is 0.600. The fourth-order valence-corrected chi connectivity index (χ4v) is 1.40. The largest absolute Gasteiger partial charge is 0.394 e. The summed E-state index contributed by atoms with van der Waals surface area (Å²) in [4.78, 5) is 7.86. The summed E-state index contributed by atoms with van der Waals surface area (Å²) in [6.45, 7) is 0.617. The molecule has 1 aromatic heterocycles. The highest BCUT2D eigenvalue weighted by atomic mass is 16.3. The smallest absolute Gasteiger partial charge is 0.135 e. The Balaban J connectivity index is 3.05. The number of nitrogen functional groups attached to an aromatic ring is 1. The normalized spacial score (nSPS) is 11.5. The second kappa shape index (κ2) is 5.76. The quantitative estimate of drug-likeness (QED) is 0.422. The third kappa shape index (κ3) is 2.82. The molecule has 0 saturated carbocycles. The van der Waals surface area contributed by atoms with Gasteiger partial charge >= 0.3 is 0 Å². The summed E-state index contributed by atoms with van der Waals surface area (Å²) in [5.41, 5.74) is 5.17. The van der Waals surface area contributed by atoms with Gasteiger partial charge in [0.25, 0.3) is 0 Å². The van der Waals surface area contributed by atoms with Crippen molar-refractivity contribution in [3.63, 3.8) is 0 Å². The average Bonchev–Trinajstić information content (AvgIpc) is 2.36. The summed E-state index contributed by atoms with van der Waals surface area (Å²) >= 11 is 0. The molecule has 0 unspecified atom stereocenters. The number of hydrogen-bond donors (Lipinski definition) is 5. The molecule has 0 fully saturated rings. The first-order valence-electron chi connectivity index (χ1n) is 5.32. The van der Waals surface area contributed by atoms with Crippen molar-refractivity contribution in [3.8, 4) is 0 Å². The fourth-order valence-electron chi connectivity index (χ4n) is 1.40. The third-order valence-corrected chi connectivity index (χ3v) is 2.62. The number of aromatic nitrogens is 2.